The van der Waals surface area contributed by atoms with Crippen LogP contribution in [0.3, 0.4) is 0 Å². The van der Waals surface area contributed by atoms with Gasteiger partial charge in [0.1, 0.15) is 12.7 Å². The Kier molecular flexibility index (Phi) is 4.97. The van der Waals surface area contributed by atoms with Gasteiger partial charge in [-0.2, -0.15) is 5.10 Å². The van der Waals surface area contributed by atoms with E-state index in [1.165, 1.54) is 30.3 Å². The van der Waals surface area contributed by atoms with Gasteiger partial charge in [0.25, 0.3) is 5.91 Å². The second-order valence-corrected chi connectivity index (χ2v) is 5.96. The second kappa shape index (κ2) is 7.32. The highest BCUT2D eigenvalue weighted by Gasteiger charge is 2.24. The van der Waals surface area contributed by atoms with Gasteiger partial charge in [-0.15, -0.1) is 0 Å². The molecule has 1 aliphatic rings. The zero-order valence-electron chi connectivity index (χ0n) is 13.1. The number of hydrogen-bond acceptors (Lipinski definition) is 5. The molecular formula is C16H22N6O. The molecule has 0 bridgehead atoms. The molecule has 1 aliphatic carbocycles. The lowest BCUT2D eigenvalue weighted by molar-refractivity contribution is 0.0915. The van der Waals surface area contributed by atoms with Crippen molar-refractivity contribution in [2.24, 2.45) is 11.7 Å². The van der Waals surface area contributed by atoms with Crippen LogP contribution in [0.2, 0.25) is 0 Å². The number of nitrogens with two attached hydrogens (primary N) is 1. The number of nitrogens with zero attached hydrogens (tertiary/aromatic N) is 4. The first-order chi connectivity index (χ1) is 11.3. The number of carbonyl (C=O) groups is 1. The van der Waals surface area contributed by atoms with Crippen LogP contribution in [-0.2, 0) is 0 Å². The minimum atomic E-state index is -0.116. The molecule has 0 spiro atoms. The molecule has 0 aliphatic heterocycles. The molecule has 3 rings (SSSR count). The first-order valence-electron chi connectivity index (χ1n) is 8.10. The second-order valence-electron chi connectivity index (χ2n) is 5.96. The minimum absolute atomic E-state index is 0.0331. The molecule has 0 radical (unpaired) electrons. The van der Waals surface area contributed by atoms with Gasteiger partial charge in [0.2, 0.25) is 0 Å². The van der Waals surface area contributed by atoms with E-state index in [1.54, 1.807) is 24.7 Å². The third kappa shape index (κ3) is 3.73. The van der Waals surface area contributed by atoms with E-state index in [0.29, 0.717) is 23.8 Å². The van der Waals surface area contributed by atoms with Crippen molar-refractivity contribution in [3.63, 3.8) is 0 Å². The van der Waals surface area contributed by atoms with Crippen LogP contribution in [0, 0.1) is 5.92 Å². The van der Waals surface area contributed by atoms with Gasteiger partial charge in [-0.1, -0.05) is 19.3 Å². The lowest BCUT2D eigenvalue weighted by Gasteiger charge is -2.30. The molecular weight excluding hydrogens is 292 g/mol. The Hall–Kier alpha value is -2.28. The molecule has 0 aromatic carbocycles. The van der Waals surface area contributed by atoms with Gasteiger partial charge in [0, 0.05) is 24.3 Å². The Morgan fingerprint density at radius 2 is 2.22 bits per heavy atom. The van der Waals surface area contributed by atoms with E-state index in [0.717, 1.165) is 12.8 Å². The van der Waals surface area contributed by atoms with Crippen molar-refractivity contribution in [2.45, 2.75) is 38.1 Å². The molecule has 1 fully saturated rings. The first-order valence-corrected chi connectivity index (χ1v) is 8.10. The van der Waals surface area contributed by atoms with E-state index in [9.17, 15) is 4.79 Å². The largest absolute Gasteiger partial charge is 0.348 e. The van der Waals surface area contributed by atoms with E-state index in [4.69, 9.17) is 5.73 Å². The van der Waals surface area contributed by atoms with Gasteiger partial charge in [0.05, 0.1) is 0 Å². The number of amides is 1. The summed E-state index contributed by atoms with van der Waals surface area (Å²) in [4.78, 5) is 20.6. The van der Waals surface area contributed by atoms with Crippen molar-refractivity contribution in [2.75, 3.05) is 6.54 Å². The molecule has 1 saturated carbocycles. The summed E-state index contributed by atoms with van der Waals surface area (Å²) < 4.78 is 1.53. The summed E-state index contributed by atoms with van der Waals surface area (Å²) in [5.41, 5.74) is 6.44. The smallest absolute Gasteiger partial charge is 0.251 e. The van der Waals surface area contributed by atoms with Crippen LogP contribution < -0.4 is 11.1 Å². The molecule has 1 amide bonds. The molecule has 7 nitrogen and oxygen atoms in total. The number of pyridine rings is 1. The maximum absolute atomic E-state index is 12.5. The summed E-state index contributed by atoms with van der Waals surface area (Å²) in [7, 11) is 0. The van der Waals surface area contributed by atoms with Gasteiger partial charge in [0.15, 0.2) is 5.82 Å². The highest BCUT2D eigenvalue weighted by atomic mass is 16.1. The summed E-state index contributed by atoms with van der Waals surface area (Å²) in [6.45, 7) is 0.470. The normalized spacial score (nSPS) is 16.9. The average Bonchev–Trinajstić information content (AvgIpc) is 3.15. The van der Waals surface area contributed by atoms with Gasteiger partial charge >= 0.3 is 0 Å². The fraction of sp³-hybridized carbons (Fsp3) is 0.500. The Bertz CT molecular complexity index is 636. The summed E-state index contributed by atoms with van der Waals surface area (Å²) in [6.07, 6.45) is 10.6. The molecule has 3 N–H and O–H groups in total. The maximum Gasteiger partial charge on any atom is 0.251 e. The first kappa shape index (κ1) is 15.6. The molecule has 2 aromatic rings. The third-order valence-corrected chi connectivity index (χ3v) is 4.45. The zero-order valence-corrected chi connectivity index (χ0v) is 13.1. The van der Waals surface area contributed by atoms with Crippen LogP contribution in [-0.4, -0.2) is 38.2 Å². The minimum Gasteiger partial charge on any atom is -0.348 e. The van der Waals surface area contributed by atoms with Crippen LogP contribution in [0.5, 0.6) is 0 Å². The summed E-state index contributed by atoms with van der Waals surface area (Å²) >= 11 is 0. The molecule has 1 atom stereocenters. The van der Waals surface area contributed by atoms with Crippen molar-refractivity contribution in [1.82, 2.24) is 25.1 Å². The van der Waals surface area contributed by atoms with E-state index in [1.807, 2.05) is 0 Å². The predicted molar refractivity (Wildman–Crippen MR) is 86.0 cm³/mol. The van der Waals surface area contributed by atoms with Gasteiger partial charge in [-0.25, -0.2) is 14.6 Å². The zero-order chi connectivity index (χ0) is 16.1. The standard InChI is InChI=1S/C16H22N6O/c17-9-14(12-4-2-1-3-5-12)21-16(23)13-6-7-19-15(8-13)22-11-18-10-20-22/h6-8,10-12,14H,1-5,9,17H2,(H,21,23). The van der Waals surface area contributed by atoms with Crippen molar-refractivity contribution < 1.29 is 4.79 Å². The quantitative estimate of drug-likeness (QED) is 0.866. The van der Waals surface area contributed by atoms with Gasteiger partial charge in [-0.3, -0.25) is 4.79 Å². The van der Waals surface area contributed by atoms with Crippen LogP contribution in [0.4, 0.5) is 0 Å². The van der Waals surface area contributed by atoms with E-state index < -0.39 is 0 Å². The van der Waals surface area contributed by atoms with E-state index >= 15 is 0 Å². The number of aromatic nitrogens is 4. The Labute approximate surface area is 135 Å². The highest BCUT2D eigenvalue weighted by molar-refractivity contribution is 5.94. The fourth-order valence-electron chi connectivity index (χ4n) is 3.17. The van der Waals surface area contributed by atoms with Crippen molar-refractivity contribution in [1.29, 1.82) is 0 Å². The number of carbonyl (C=O) groups excluding carboxylic acids is 1. The molecule has 2 heterocycles. The third-order valence-electron chi connectivity index (χ3n) is 4.45. The summed E-state index contributed by atoms with van der Waals surface area (Å²) in [5, 5.41) is 7.12. The SMILES string of the molecule is NCC(NC(=O)c1ccnc(-n2cncn2)c1)C1CCCCC1. The molecule has 23 heavy (non-hydrogen) atoms. The van der Waals surface area contributed by atoms with Gasteiger partial charge < -0.3 is 11.1 Å². The van der Waals surface area contributed by atoms with Crippen LogP contribution >= 0.6 is 0 Å². The summed E-state index contributed by atoms with van der Waals surface area (Å²) in [5.74, 6) is 0.932. The summed E-state index contributed by atoms with van der Waals surface area (Å²) in [6, 6.07) is 3.44. The topological polar surface area (TPSA) is 98.7 Å². The predicted octanol–water partition coefficient (Wildman–Crippen LogP) is 1.30. The Morgan fingerprint density at radius 1 is 1.39 bits per heavy atom. The van der Waals surface area contributed by atoms with Crippen LogP contribution in [0.15, 0.2) is 31.0 Å². The number of rotatable bonds is 5. The molecule has 0 saturated heterocycles. The number of hydrogen-bond donors (Lipinski definition) is 2. The fourth-order valence-corrected chi connectivity index (χ4v) is 3.17. The van der Waals surface area contributed by atoms with Crippen molar-refractivity contribution in [3.05, 3.63) is 36.5 Å². The van der Waals surface area contributed by atoms with E-state index in [-0.39, 0.29) is 11.9 Å². The molecule has 7 heteroatoms. The van der Waals surface area contributed by atoms with Crippen molar-refractivity contribution in [3.8, 4) is 5.82 Å². The Balaban J connectivity index is 1.71. The monoisotopic (exact) mass is 314 g/mol. The van der Waals surface area contributed by atoms with Crippen LogP contribution in [0.25, 0.3) is 5.82 Å². The number of nitrogens with one attached hydrogen (secondary N) is 1. The maximum atomic E-state index is 12.5. The van der Waals surface area contributed by atoms with Crippen LogP contribution in [0.1, 0.15) is 42.5 Å². The molecule has 1 unspecified atom stereocenters. The highest BCUT2D eigenvalue weighted by Crippen LogP contribution is 2.26. The molecule has 2 aromatic heterocycles. The van der Waals surface area contributed by atoms with Crippen molar-refractivity contribution >= 4 is 5.91 Å². The van der Waals surface area contributed by atoms with E-state index in [2.05, 4.69) is 20.4 Å². The lowest BCUT2D eigenvalue weighted by Crippen LogP contribution is -2.45. The van der Waals surface area contributed by atoms with Gasteiger partial charge in [-0.05, 0) is 30.9 Å². The lowest BCUT2D eigenvalue weighted by atomic mass is 9.84. The Morgan fingerprint density at radius 3 is 2.91 bits per heavy atom. The average molecular weight is 314 g/mol. The molecule has 122 valence electrons.